The zero-order chi connectivity index (χ0) is 24.6. The van der Waals surface area contributed by atoms with Crippen LogP contribution in [0, 0.1) is 17.3 Å². The normalized spacial score (nSPS) is 18.2. The molecular formula is C24H50O6Si. The maximum atomic E-state index is 12.1. The van der Waals surface area contributed by atoms with Gasteiger partial charge in [0.2, 0.25) is 0 Å². The summed E-state index contributed by atoms with van der Waals surface area (Å²) in [4.78, 5) is 12.1. The number of carbonyl (C=O) groups excluding carboxylic acids is 1. The van der Waals surface area contributed by atoms with Crippen molar-refractivity contribution in [3.8, 4) is 0 Å². The number of aliphatic hydroxyl groups excluding tert-OH is 1. The molecule has 0 aromatic carbocycles. The summed E-state index contributed by atoms with van der Waals surface area (Å²) < 4.78 is 24.2. The van der Waals surface area contributed by atoms with E-state index in [9.17, 15) is 9.90 Å². The lowest BCUT2D eigenvalue weighted by atomic mass is 9.93. The van der Waals surface area contributed by atoms with Gasteiger partial charge in [0.25, 0.3) is 0 Å². The van der Waals surface area contributed by atoms with Gasteiger partial charge < -0.3 is 23.7 Å². The second-order valence-electron chi connectivity index (χ2n) is 11.6. The lowest BCUT2D eigenvalue weighted by Gasteiger charge is -2.44. The second kappa shape index (κ2) is 12.7. The molecule has 7 heteroatoms. The van der Waals surface area contributed by atoms with Gasteiger partial charge in [0.1, 0.15) is 0 Å². The molecule has 0 heterocycles. The largest absolute Gasteiger partial charge is 0.465 e. The molecule has 5 unspecified atom stereocenters. The number of hydrogen-bond donors (Lipinski definition) is 1. The summed E-state index contributed by atoms with van der Waals surface area (Å²) in [6.45, 7) is 21.2. The van der Waals surface area contributed by atoms with Crippen molar-refractivity contribution in [1.29, 1.82) is 0 Å². The molecule has 0 aromatic rings. The van der Waals surface area contributed by atoms with E-state index in [1.54, 1.807) is 14.2 Å². The second-order valence-corrected chi connectivity index (χ2v) is 16.4. The molecule has 5 atom stereocenters. The minimum atomic E-state index is -2.11. The summed E-state index contributed by atoms with van der Waals surface area (Å²) in [7, 11) is 1.28. The van der Waals surface area contributed by atoms with Gasteiger partial charge in [-0.3, -0.25) is 4.79 Å². The van der Waals surface area contributed by atoms with Crippen LogP contribution in [0.2, 0.25) is 18.1 Å². The Labute approximate surface area is 192 Å². The van der Waals surface area contributed by atoms with Crippen LogP contribution in [0.5, 0.6) is 0 Å². The summed E-state index contributed by atoms with van der Waals surface area (Å²) >= 11 is 0. The molecule has 1 N–H and O–H groups in total. The van der Waals surface area contributed by atoms with Crippen LogP contribution in [0.15, 0.2) is 0 Å². The fourth-order valence-corrected chi connectivity index (χ4v) is 4.34. The SMILES string of the molecule is COC(CC(C)CO)C(O[Si](C)(C)C(C)(C)C)C(CC(C)COC(=O)C(C)(C)C)OC. The maximum Gasteiger partial charge on any atom is 0.311 e. The standard InChI is InChI=1S/C24H50O6Si/c1-17(15-25)13-19(27-9)21(30-31(11,12)24(6,7)8)20(28-10)14-18(2)16-29-22(26)23(3,4)5/h17-21,25H,13-16H2,1-12H3. The van der Waals surface area contributed by atoms with Gasteiger partial charge in [-0.05, 0) is 63.6 Å². The Hall–Kier alpha value is -0.473. The molecule has 0 aliphatic heterocycles. The van der Waals surface area contributed by atoms with Crippen molar-refractivity contribution in [1.82, 2.24) is 0 Å². The first-order valence-corrected chi connectivity index (χ1v) is 14.4. The zero-order valence-electron chi connectivity index (χ0n) is 22.2. The zero-order valence-corrected chi connectivity index (χ0v) is 23.2. The van der Waals surface area contributed by atoms with Crippen LogP contribution in [0.1, 0.15) is 68.2 Å². The minimum absolute atomic E-state index is 0.0400. The highest BCUT2D eigenvalue weighted by Crippen LogP contribution is 2.39. The Bertz CT molecular complexity index is 523. The Morgan fingerprint density at radius 3 is 1.71 bits per heavy atom. The topological polar surface area (TPSA) is 74.2 Å². The number of methoxy groups -OCH3 is 2. The first kappa shape index (κ1) is 30.5. The molecule has 0 amide bonds. The van der Waals surface area contributed by atoms with E-state index >= 15 is 0 Å². The quantitative estimate of drug-likeness (QED) is 0.305. The Morgan fingerprint density at radius 2 is 1.35 bits per heavy atom. The smallest absolute Gasteiger partial charge is 0.311 e. The van der Waals surface area contributed by atoms with E-state index in [2.05, 4.69) is 40.8 Å². The lowest BCUT2D eigenvalue weighted by molar-refractivity contribution is -0.155. The first-order valence-electron chi connectivity index (χ1n) is 11.5. The molecule has 31 heavy (non-hydrogen) atoms. The predicted octanol–water partition coefficient (Wildman–Crippen LogP) is 5.04. The van der Waals surface area contributed by atoms with Crippen molar-refractivity contribution in [3.05, 3.63) is 0 Å². The number of hydrogen-bond acceptors (Lipinski definition) is 6. The fraction of sp³-hybridized carbons (Fsp3) is 0.958. The third-order valence-electron chi connectivity index (χ3n) is 6.27. The van der Waals surface area contributed by atoms with Crippen LogP contribution in [-0.2, 0) is 23.4 Å². The molecule has 0 spiro atoms. The van der Waals surface area contributed by atoms with Crippen molar-refractivity contribution in [2.45, 2.75) is 105 Å². The van der Waals surface area contributed by atoms with E-state index in [1.807, 2.05) is 27.7 Å². The lowest BCUT2D eigenvalue weighted by Crippen LogP contribution is -2.53. The fourth-order valence-electron chi connectivity index (χ4n) is 3.01. The Kier molecular flexibility index (Phi) is 12.5. The summed E-state index contributed by atoms with van der Waals surface area (Å²) in [5.41, 5.74) is -0.518. The highest BCUT2D eigenvalue weighted by Gasteiger charge is 2.43. The van der Waals surface area contributed by atoms with Crippen molar-refractivity contribution < 1.29 is 28.5 Å². The molecule has 0 bridgehead atoms. The van der Waals surface area contributed by atoms with Gasteiger partial charge >= 0.3 is 5.97 Å². The van der Waals surface area contributed by atoms with Gasteiger partial charge in [0.15, 0.2) is 8.32 Å². The molecule has 0 rings (SSSR count). The minimum Gasteiger partial charge on any atom is -0.465 e. The summed E-state index contributed by atoms with van der Waals surface area (Å²) in [5, 5.41) is 9.62. The van der Waals surface area contributed by atoms with Crippen LogP contribution >= 0.6 is 0 Å². The molecule has 0 aromatic heterocycles. The van der Waals surface area contributed by atoms with Gasteiger partial charge in [0.05, 0.1) is 30.3 Å². The van der Waals surface area contributed by atoms with Crippen LogP contribution in [0.3, 0.4) is 0 Å². The number of carbonyl (C=O) groups is 1. The van der Waals surface area contributed by atoms with E-state index in [0.29, 0.717) is 19.4 Å². The van der Waals surface area contributed by atoms with Crippen LogP contribution < -0.4 is 0 Å². The molecule has 0 saturated heterocycles. The van der Waals surface area contributed by atoms with Crippen LogP contribution in [-0.4, -0.2) is 65.1 Å². The Morgan fingerprint density at radius 1 is 0.903 bits per heavy atom. The van der Waals surface area contributed by atoms with Crippen LogP contribution in [0.25, 0.3) is 0 Å². The van der Waals surface area contributed by atoms with E-state index < -0.39 is 13.7 Å². The molecule has 0 fully saturated rings. The van der Waals surface area contributed by atoms with Crippen molar-refractivity contribution in [2.75, 3.05) is 27.4 Å². The number of ether oxygens (including phenoxy) is 3. The maximum absolute atomic E-state index is 12.1. The van der Waals surface area contributed by atoms with Crippen molar-refractivity contribution in [3.63, 3.8) is 0 Å². The summed E-state index contributed by atoms with van der Waals surface area (Å²) in [6, 6.07) is 0. The molecule has 6 nitrogen and oxygen atoms in total. The third-order valence-corrected chi connectivity index (χ3v) is 10.7. The average molecular weight is 463 g/mol. The van der Waals surface area contributed by atoms with E-state index in [0.717, 1.165) is 0 Å². The Balaban J connectivity index is 5.59. The predicted molar refractivity (Wildman–Crippen MR) is 129 cm³/mol. The molecule has 0 radical (unpaired) electrons. The number of esters is 1. The number of aliphatic hydroxyl groups is 1. The molecule has 186 valence electrons. The van der Waals surface area contributed by atoms with E-state index in [-0.39, 0.29) is 47.8 Å². The van der Waals surface area contributed by atoms with Crippen LogP contribution in [0.4, 0.5) is 0 Å². The van der Waals surface area contributed by atoms with E-state index in [1.165, 1.54) is 0 Å². The number of rotatable bonds is 13. The van der Waals surface area contributed by atoms with Gasteiger partial charge in [-0.15, -0.1) is 0 Å². The monoisotopic (exact) mass is 462 g/mol. The van der Waals surface area contributed by atoms with Crippen molar-refractivity contribution >= 4 is 14.3 Å². The first-order chi connectivity index (χ1) is 14.0. The van der Waals surface area contributed by atoms with E-state index in [4.69, 9.17) is 18.6 Å². The molecule has 0 aliphatic carbocycles. The molecular weight excluding hydrogens is 412 g/mol. The van der Waals surface area contributed by atoms with Gasteiger partial charge in [-0.2, -0.15) is 0 Å². The third kappa shape index (κ3) is 10.3. The molecule has 0 saturated carbocycles. The van der Waals surface area contributed by atoms with Gasteiger partial charge in [-0.1, -0.05) is 34.6 Å². The summed E-state index contributed by atoms with van der Waals surface area (Å²) in [6.07, 6.45) is 0.671. The van der Waals surface area contributed by atoms with Crippen molar-refractivity contribution in [2.24, 2.45) is 17.3 Å². The average Bonchev–Trinajstić information content (AvgIpc) is 2.64. The highest BCUT2D eigenvalue weighted by atomic mass is 28.4. The molecule has 0 aliphatic rings. The van der Waals surface area contributed by atoms with Gasteiger partial charge in [-0.25, -0.2) is 0 Å². The highest BCUT2D eigenvalue weighted by molar-refractivity contribution is 6.74. The van der Waals surface area contributed by atoms with Gasteiger partial charge in [0, 0.05) is 20.8 Å². The summed E-state index contributed by atoms with van der Waals surface area (Å²) in [5.74, 6) is 0.00148.